The van der Waals surface area contributed by atoms with Crippen LogP contribution >= 0.6 is 0 Å². The van der Waals surface area contributed by atoms with Crippen LogP contribution in [0.4, 0.5) is 0 Å². The van der Waals surface area contributed by atoms with Crippen LogP contribution in [0.15, 0.2) is 6.26 Å². The zero-order valence-corrected chi connectivity index (χ0v) is 1.89. The maximum Gasteiger partial charge on any atom is 0.108 e. The first-order chi connectivity index (χ1) is 1.91. The molecule has 0 aromatic rings. The summed E-state index contributed by atoms with van der Waals surface area (Å²) in [5.74, 6) is 1.00. The summed E-state index contributed by atoms with van der Waals surface area (Å²) < 4.78 is 0. The Morgan fingerprint density at radius 2 is 2.25 bits per heavy atom. The monoisotopic (exact) mass is 57.0 g/mol. The lowest BCUT2D eigenvalue weighted by Crippen LogP contribution is -1.82. The minimum atomic E-state index is 0.0694. The van der Waals surface area contributed by atoms with Gasteiger partial charge >= 0.3 is 0 Å². The Morgan fingerprint density at radius 1 is 2.00 bits per heavy atom. The van der Waals surface area contributed by atoms with E-state index in [-0.39, 0.29) is 6.26 Å². The highest BCUT2D eigenvalue weighted by Gasteiger charge is 1.16. The van der Waals surface area contributed by atoms with E-state index < -0.39 is 0 Å². The first-order valence-corrected chi connectivity index (χ1v) is 0.729. The normalized spacial score (nSPS) is 4.00. The van der Waals surface area contributed by atoms with Crippen LogP contribution in [0.25, 0.3) is 0 Å². The molecule has 0 aliphatic carbocycles. The second-order valence-electron chi connectivity index (χ2n) is 0.236. The van der Waals surface area contributed by atoms with Crippen molar-refractivity contribution in [3.05, 3.63) is 6.26 Å². The smallest absolute Gasteiger partial charge is 0.108 e. The van der Waals surface area contributed by atoms with Crippen LogP contribution in [0.2, 0.25) is 0 Å². The minimum Gasteiger partial charge on any atom is -0.870 e. The van der Waals surface area contributed by atoms with Gasteiger partial charge in [-0.1, -0.05) is 6.26 Å². The van der Waals surface area contributed by atoms with Crippen molar-refractivity contribution in [3.8, 4) is 0 Å². The predicted octanol–water partition coefficient (Wildman–Crippen LogP) is -1.31. The fourth-order valence-corrected chi connectivity index (χ4v) is 0. The number of hydrogen-bond donors (Lipinski definition) is 0. The van der Waals surface area contributed by atoms with Gasteiger partial charge in [0.1, 0.15) is 5.94 Å². The molecule has 0 aliphatic rings. The minimum absolute atomic E-state index is 0.0694. The molecule has 0 amide bonds. The Hall–Kier alpha value is -0.750. The molecular formula is C2HO2-. The summed E-state index contributed by atoms with van der Waals surface area (Å²) in [6, 6.07) is 0. The third kappa shape index (κ3) is 1.25. The number of hydrogen-bond acceptors (Lipinski definition) is 2. The molecule has 0 saturated carbocycles. The molecule has 0 spiro atoms. The van der Waals surface area contributed by atoms with Crippen molar-refractivity contribution in [1.82, 2.24) is 0 Å². The largest absolute Gasteiger partial charge is 0.870 e. The average molecular weight is 57.0 g/mol. The number of carbonyl (C=O) groups excluding carboxylic acids is 1. The maximum atomic E-state index is 8.75. The van der Waals surface area contributed by atoms with E-state index in [4.69, 9.17) is 9.90 Å². The molecule has 0 fully saturated rings. The zero-order chi connectivity index (χ0) is 3.41. The molecule has 0 aromatic heterocycles. The SMILES string of the molecule is O=C=C[O-]. The molecule has 0 atom stereocenters. The van der Waals surface area contributed by atoms with Gasteiger partial charge in [-0.3, -0.25) is 0 Å². The van der Waals surface area contributed by atoms with Crippen LogP contribution < -0.4 is 5.11 Å². The van der Waals surface area contributed by atoms with Gasteiger partial charge in [0.2, 0.25) is 0 Å². The summed E-state index contributed by atoms with van der Waals surface area (Å²) >= 11 is 0. The van der Waals surface area contributed by atoms with Crippen LogP contribution in [0.5, 0.6) is 0 Å². The molecule has 0 aliphatic heterocycles. The van der Waals surface area contributed by atoms with Gasteiger partial charge in [0.05, 0.1) is 0 Å². The Kier molecular flexibility index (Phi) is 1.83. The van der Waals surface area contributed by atoms with Crippen LogP contribution in [0.1, 0.15) is 0 Å². The summed E-state index contributed by atoms with van der Waals surface area (Å²) in [5.41, 5.74) is 0. The summed E-state index contributed by atoms with van der Waals surface area (Å²) in [4.78, 5) is 8.68. The molecule has 22 valence electrons. The molecule has 2 nitrogen and oxygen atoms in total. The Labute approximate surface area is 23.4 Å². The second-order valence-corrected chi connectivity index (χ2v) is 0.236. The maximum absolute atomic E-state index is 8.75. The van der Waals surface area contributed by atoms with Crippen LogP contribution in [0, 0.1) is 0 Å². The van der Waals surface area contributed by atoms with Crippen molar-refractivity contribution in [2.45, 2.75) is 0 Å². The van der Waals surface area contributed by atoms with E-state index in [1.165, 1.54) is 0 Å². The van der Waals surface area contributed by atoms with Crippen molar-refractivity contribution in [3.63, 3.8) is 0 Å². The van der Waals surface area contributed by atoms with Crippen molar-refractivity contribution in [1.29, 1.82) is 0 Å². The number of rotatable bonds is 0. The molecule has 0 saturated heterocycles. The summed E-state index contributed by atoms with van der Waals surface area (Å²) in [5, 5.41) is 8.75. The van der Waals surface area contributed by atoms with Gasteiger partial charge in [-0.2, -0.15) is 0 Å². The second kappa shape index (κ2) is 2.25. The van der Waals surface area contributed by atoms with E-state index in [9.17, 15) is 0 Å². The molecule has 2 heteroatoms. The van der Waals surface area contributed by atoms with E-state index >= 15 is 0 Å². The van der Waals surface area contributed by atoms with Crippen molar-refractivity contribution >= 4 is 5.94 Å². The lowest BCUT2D eigenvalue weighted by atomic mass is 11.1. The topological polar surface area (TPSA) is 40.1 Å². The average Bonchev–Trinajstić information content (AvgIpc) is 1.37. The van der Waals surface area contributed by atoms with E-state index in [2.05, 4.69) is 0 Å². The fraction of sp³-hybridized carbons (Fsp3) is 0. The van der Waals surface area contributed by atoms with Gasteiger partial charge in [0, 0.05) is 0 Å². The lowest BCUT2D eigenvalue weighted by molar-refractivity contribution is -0.272. The molecule has 0 bridgehead atoms. The fourth-order valence-electron chi connectivity index (χ4n) is 0. The molecular weight excluding hydrogens is 56.0 g/mol. The molecule has 0 rings (SSSR count). The quantitative estimate of drug-likeness (QED) is 0.256. The van der Waals surface area contributed by atoms with Gasteiger partial charge < -0.3 is 5.11 Å². The summed E-state index contributed by atoms with van der Waals surface area (Å²) in [7, 11) is 0. The van der Waals surface area contributed by atoms with Gasteiger partial charge in [-0.25, -0.2) is 4.79 Å². The first kappa shape index (κ1) is 3.25. The Bertz CT molecular complexity index is 42.0. The van der Waals surface area contributed by atoms with Crippen LogP contribution in [0.3, 0.4) is 0 Å². The lowest BCUT2D eigenvalue weighted by Gasteiger charge is -1.67. The van der Waals surface area contributed by atoms with E-state index in [0.29, 0.717) is 0 Å². The predicted molar refractivity (Wildman–Crippen MR) is 10.3 cm³/mol. The van der Waals surface area contributed by atoms with Crippen LogP contribution in [-0.2, 0) is 4.79 Å². The molecule has 0 radical (unpaired) electrons. The zero-order valence-electron chi connectivity index (χ0n) is 1.89. The van der Waals surface area contributed by atoms with E-state index in [1.807, 2.05) is 0 Å². The first-order valence-electron chi connectivity index (χ1n) is 0.729. The highest BCUT2D eigenvalue weighted by atomic mass is 16.2. The Balaban J connectivity index is 3.11. The molecule has 0 N–H and O–H groups in total. The van der Waals surface area contributed by atoms with Crippen LogP contribution in [-0.4, -0.2) is 5.94 Å². The van der Waals surface area contributed by atoms with Crippen molar-refractivity contribution < 1.29 is 9.90 Å². The van der Waals surface area contributed by atoms with Gasteiger partial charge in [-0.05, 0) is 0 Å². The van der Waals surface area contributed by atoms with E-state index in [0.717, 1.165) is 5.94 Å². The van der Waals surface area contributed by atoms with Gasteiger partial charge in [0.15, 0.2) is 0 Å². The van der Waals surface area contributed by atoms with Crippen molar-refractivity contribution in [2.24, 2.45) is 0 Å². The molecule has 0 aromatic carbocycles. The highest BCUT2D eigenvalue weighted by Crippen LogP contribution is 1.11. The summed E-state index contributed by atoms with van der Waals surface area (Å²) in [6.07, 6.45) is 0.0694. The van der Waals surface area contributed by atoms with E-state index in [1.54, 1.807) is 0 Å². The Morgan fingerprint density at radius 3 is 2.25 bits per heavy atom. The third-order valence-electron chi connectivity index (χ3n) is 0.0481. The molecule has 4 heavy (non-hydrogen) atoms. The highest BCUT2D eigenvalue weighted by molar-refractivity contribution is 5.41. The van der Waals surface area contributed by atoms with Gasteiger partial charge in [-0.15, -0.1) is 0 Å². The van der Waals surface area contributed by atoms with Crippen molar-refractivity contribution in [2.75, 3.05) is 0 Å². The summed E-state index contributed by atoms with van der Waals surface area (Å²) in [6.45, 7) is 0. The molecule has 0 unspecified atom stereocenters. The third-order valence-corrected chi connectivity index (χ3v) is 0.0481. The van der Waals surface area contributed by atoms with Gasteiger partial charge in [0.25, 0.3) is 0 Å². The molecule has 0 heterocycles. The standard InChI is InChI=1S/C2H2O2/c3-1-2-4/h1,3H/p-1.